The lowest BCUT2D eigenvalue weighted by molar-refractivity contribution is 1.17. The zero-order valence-corrected chi connectivity index (χ0v) is 9.17. The Bertz CT molecular complexity index is 667. The standard InChI is InChI=1S/C13H12N4/c14-10-3-1-9(2-4-10)13-16-7-12-6-5-11(15)8-17(12)13/h1-8H,14-15H2. The van der Waals surface area contributed by atoms with Crippen LogP contribution in [0.15, 0.2) is 48.8 Å². The Morgan fingerprint density at radius 1 is 0.882 bits per heavy atom. The van der Waals surface area contributed by atoms with Crippen molar-refractivity contribution in [3.63, 3.8) is 0 Å². The predicted octanol–water partition coefficient (Wildman–Crippen LogP) is 2.17. The van der Waals surface area contributed by atoms with Crippen LogP contribution in [0.3, 0.4) is 0 Å². The molecule has 0 fully saturated rings. The summed E-state index contributed by atoms with van der Waals surface area (Å²) in [6, 6.07) is 11.4. The summed E-state index contributed by atoms with van der Waals surface area (Å²) in [6.07, 6.45) is 3.69. The number of pyridine rings is 1. The van der Waals surface area contributed by atoms with Crippen molar-refractivity contribution in [2.75, 3.05) is 11.5 Å². The minimum absolute atomic E-state index is 0.715. The Kier molecular flexibility index (Phi) is 2.01. The molecule has 17 heavy (non-hydrogen) atoms. The molecule has 84 valence electrons. The Morgan fingerprint density at radius 3 is 2.35 bits per heavy atom. The first-order valence-electron chi connectivity index (χ1n) is 5.32. The number of hydrogen-bond donors (Lipinski definition) is 2. The second-order valence-corrected chi connectivity index (χ2v) is 3.96. The largest absolute Gasteiger partial charge is 0.399 e. The van der Waals surface area contributed by atoms with Crippen molar-refractivity contribution in [2.45, 2.75) is 0 Å². The van der Waals surface area contributed by atoms with Crippen molar-refractivity contribution >= 4 is 16.9 Å². The van der Waals surface area contributed by atoms with Crippen LogP contribution in [-0.4, -0.2) is 9.38 Å². The van der Waals surface area contributed by atoms with E-state index in [1.54, 1.807) is 0 Å². The molecule has 4 N–H and O–H groups in total. The van der Waals surface area contributed by atoms with E-state index in [1.807, 2.05) is 53.2 Å². The van der Waals surface area contributed by atoms with Gasteiger partial charge in [-0.2, -0.15) is 0 Å². The van der Waals surface area contributed by atoms with Gasteiger partial charge in [-0.15, -0.1) is 0 Å². The molecule has 0 aliphatic carbocycles. The molecule has 4 nitrogen and oxygen atoms in total. The van der Waals surface area contributed by atoms with Gasteiger partial charge in [0, 0.05) is 23.1 Å². The average Bonchev–Trinajstić information content (AvgIpc) is 2.73. The number of rotatable bonds is 1. The number of anilines is 2. The van der Waals surface area contributed by atoms with Crippen LogP contribution in [0, 0.1) is 0 Å². The van der Waals surface area contributed by atoms with Crippen LogP contribution in [0.4, 0.5) is 11.4 Å². The summed E-state index contributed by atoms with van der Waals surface area (Å²) in [5.74, 6) is 0.868. The van der Waals surface area contributed by atoms with Gasteiger partial charge in [0.25, 0.3) is 0 Å². The average molecular weight is 224 g/mol. The summed E-state index contributed by atoms with van der Waals surface area (Å²) < 4.78 is 1.97. The molecule has 0 amide bonds. The van der Waals surface area contributed by atoms with Gasteiger partial charge < -0.3 is 11.5 Å². The summed E-state index contributed by atoms with van der Waals surface area (Å²) in [7, 11) is 0. The van der Waals surface area contributed by atoms with Crippen LogP contribution >= 0.6 is 0 Å². The van der Waals surface area contributed by atoms with Gasteiger partial charge in [0.05, 0.1) is 11.7 Å². The maximum Gasteiger partial charge on any atom is 0.144 e. The molecule has 0 unspecified atom stereocenters. The lowest BCUT2D eigenvalue weighted by atomic mass is 10.2. The highest BCUT2D eigenvalue weighted by Crippen LogP contribution is 2.21. The lowest BCUT2D eigenvalue weighted by Crippen LogP contribution is -1.93. The van der Waals surface area contributed by atoms with E-state index in [0.717, 1.165) is 22.6 Å². The minimum atomic E-state index is 0.715. The fourth-order valence-corrected chi connectivity index (χ4v) is 1.85. The van der Waals surface area contributed by atoms with E-state index in [9.17, 15) is 0 Å². The number of imidazole rings is 1. The van der Waals surface area contributed by atoms with Gasteiger partial charge in [0.15, 0.2) is 0 Å². The molecular weight excluding hydrogens is 212 g/mol. The Balaban J connectivity index is 2.23. The summed E-state index contributed by atoms with van der Waals surface area (Å²) in [6.45, 7) is 0. The molecule has 0 atom stereocenters. The Labute approximate surface area is 98.5 Å². The highest BCUT2D eigenvalue weighted by atomic mass is 15.0. The summed E-state index contributed by atoms with van der Waals surface area (Å²) in [5.41, 5.74) is 15.0. The molecule has 0 saturated heterocycles. The van der Waals surface area contributed by atoms with Crippen LogP contribution < -0.4 is 11.5 Å². The van der Waals surface area contributed by atoms with Gasteiger partial charge in [-0.1, -0.05) is 0 Å². The number of aromatic nitrogens is 2. The number of hydrogen-bond acceptors (Lipinski definition) is 3. The first kappa shape index (κ1) is 9.72. The minimum Gasteiger partial charge on any atom is -0.399 e. The smallest absolute Gasteiger partial charge is 0.144 e. The van der Waals surface area contributed by atoms with Crippen molar-refractivity contribution in [1.29, 1.82) is 0 Å². The van der Waals surface area contributed by atoms with E-state index >= 15 is 0 Å². The van der Waals surface area contributed by atoms with Gasteiger partial charge in [-0.25, -0.2) is 4.98 Å². The highest BCUT2D eigenvalue weighted by molar-refractivity contribution is 5.65. The van der Waals surface area contributed by atoms with E-state index in [2.05, 4.69) is 4.98 Å². The summed E-state index contributed by atoms with van der Waals surface area (Å²) >= 11 is 0. The van der Waals surface area contributed by atoms with Gasteiger partial charge in [0.1, 0.15) is 5.82 Å². The second kappa shape index (κ2) is 3.52. The fourth-order valence-electron chi connectivity index (χ4n) is 1.85. The third-order valence-corrected chi connectivity index (χ3v) is 2.72. The first-order valence-corrected chi connectivity index (χ1v) is 5.32. The molecule has 0 spiro atoms. The van der Waals surface area contributed by atoms with E-state index in [1.165, 1.54) is 0 Å². The zero-order chi connectivity index (χ0) is 11.8. The molecule has 0 aliphatic heterocycles. The van der Waals surface area contributed by atoms with E-state index < -0.39 is 0 Å². The van der Waals surface area contributed by atoms with Gasteiger partial charge in [-0.3, -0.25) is 4.40 Å². The first-order chi connectivity index (χ1) is 8.24. The molecule has 0 aliphatic rings. The molecule has 2 aromatic heterocycles. The molecular formula is C13H12N4. The molecule has 3 rings (SSSR count). The van der Waals surface area contributed by atoms with Crippen LogP contribution in [0.5, 0.6) is 0 Å². The number of nitrogens with two attached hydrogens (primary N) is 2. The molecule has 1 aromatic carbocycles. The Hall–Kier alpha value is -2.49. The summed E-state index contributed by atoms with van der Waals surface area (Å²) in [5, 5.41) is 0. The number of benzene rings is 1. The van der Waals surface area contributed by atoms with Gasteiger partial charge in [-0.05, 0) is 36.4 Å². The molecule has 0 radical (unpaired) electrons. The van der Waals surface area contributed by atoms with E-state index in [0.29, 0.717) is 5.69 Å². The monoisotopic (exact) mass is 224 g/mol. The third kappa shape index (κ3) is 1.59. The van der Waals surface area contributed by atoms with Crippen molar-refractivity contribution in [3.05, 3.63) is 48.8 Å². The molecule has 3 aromatic rings. The van der Waals surface area contributed by atoms with E-state index in [4.69, 9.17) is 11.5 Å². The van der Waals surface area contributed by atoms with E-state index in [-0.39, 0.29) is 0 Å². The highest BCUT2D eigenvalue weighted by Gasteiger charge is 2.05. The topological polar surface area (TPSA) is 69.3 Å². The third-order valence-electron chi connectivity index (χ3n) is 2.72. The van der Waals surface area contributed by atoms with Crippen LogP contribution in [0.1, 0.15) is 0 Å². The molecule has 4 heteroatoms. The van der Waals surface area contributed by atoms with Crippen LogP contribution in [0.25, 0.3) is 16.9 Å². The molecule has 0 saturated carbocycles. The van der Waals surface area contributed by atoms with Crippen molar-refractivity contribution in [3.8, 4) is 11.4 Å². The SMILES string of the molecule is Nc1ccc(-c2ncc3ccc(N)cn23)cc1. The lowest BCUT2D eigenvalue weighted by Gasteiger charge is -2.03. The number of fused-ring (bicyclic) bond motifs is 1. The van der Waals surface area contributed by atoms with Crippen LogP contribution in [0.2, 0.25) is 0 Å². The quantitative estimate of drug-likeness (QED) is 0.622. The number of nitrogens with zero attached hydrogens (tertiary/aromatic N) is 2. The molecule has 2 heterocycles. The predicted molar refractivity (Wildman–Crippen MR) is 69.5 cm³/mol. The molecule has 0 bridgehead atoms. The van der Waals surface area contributed by atoms with Crippen molar-refractivity contribution in [2.24, 2.45) is 0 Å². The van der Waals surface area contributed by atoms with Crippen molar-refractivity contribution < 1.29 is 0 Å². The fraction of sp³-hybridized carbons (Fsp3) is 0. The number of nitrogen functional groups attached to an aromatic ring is 2. The van der Waals surface area contributed by atoms with Gasteiger partial charge in [0.2, 0.25) is 0 Å². The maximum atomic E-state index is 5.79. The Morgan fingerprint density at radius 2 is 1.59 bits per heavy atom. The zero-order valence-electron chi connectivity index (χ0n) is 9.17. The van der Waals surface area contributed by atoms with Crippen LogP contribution in [-0.2, 0) is 0 Å². The second-order valence-electron chi connectivity index (χ2n) is 3.96. The normalized spacial score (nSPS) is 10.8. The summed E-state index contributed by atoms with van der Waals surface area (Å²) in [4.78, 5) is 4.40. The maximum absolute atomic E-state index is 5.79. The van der Waals surface area contributed by atoms with Gasteiger partial charge >= 0.3 is 0 Å². The van der Waals surface area contributed by atoms with Crippen molar-refractivity contribution in [1.82, 2.24) is 9.38 Å².